The van der Waals surface area contributed by atoms with E-state index in [-0.39, 0.29) is 18.0 Å². The molecule has 0 rings (SSSR count). The number of amides is 1. The minimum atomic E-state index is -0.140. The van der Waals surface area contributed by atoms with Crippen LogP contribution in [-0.2, 0) is 14.3 Å². The molecule has 0 N–H and O–H groups in total. The van der Waals surface area contributed by atoms with Gasteiger partial charge in [0.2, 0.25) is 5.91 Å². The van der Waals surface area contributed by atoms with Gasteiger partial charge in [0.1, 0.15) is 6.10 Å². The van der Waals surface area contributed by atoms with E-state index in [0.717, 1.165) is 58.0 Å². The normalized spacial score (nSPS) is 12.4. The predicted octanol–water partition coefficient (Wildman–Crippen LogP) is 5.81. The number of rotatable bonds is 19. The zero-order valence-electron chi connectivity index (χ0n) is 20.9. The highest BCUT2D eigenvalue weighted by Crippen LogP contribution is 2.16. The molecule has 0 spiro atoms. The molecule has 0 aliphatic carbocycles. The van der Waals surface area contributed by atoms with E-state index in [1.54, 1.807) is 0 Å². The molecule has 1 unspecified atom stereocenters. The molecule has 5 nitrogen and oxygen atoms in total. The highest BCUT2D eigenvalue weighted by molar-refractivity contribution is 5.77. The van der Waals surface area contributed by atoms with Crippen LogP contribution in [0.2, 0.25) is 0 Å². The molecule has 0 saturated carbocycles. The summed E-state index contributed by atoms with van der Waals surface area (Å²) in [7, 11) is 4.12. The van der Waals surface area contributed by atoms with Gasteiger partial charge in [0, 0.05) is 25.4 Å². The first-order valence-electron chi connectivity index (χ1n) is 12.5. The second-order valence-corrected chi connectivity index (χ2v) is 8.82. The van der Waals surface area contributed by atoms with E-state index in [0.29, 0.717) is 25.3 Å². The summed E-state index contributed by atoms with van der Waals surface area (Å²) < 4.78 is 5.73. The summed E-state index contributed by atoms with van der Waals surface area (Å²) in [4.78, 5) is 29.4. The molecule has 5 heteroatoms. The molecule has 0 radical (unpaired) electrons. The summed E-state index contributed by atoms with van der Waals surface area (Å²) in [6.45, 7) is 10.4. The summed E-state index contributed by atoms with van der Waals surface area (Å²) in [6, 6.07) is 0.295. The molecule has 0 aromatic rings. The van der Waals surface area contributed by atoms with Crippen molar-refractivity contribution < 1.29 is 14.3 Å². The summed E-state index contributed by atoms with van der Waals surface area (Å²) in [6.07, 6.45) is 12.1. The second kappa shape index (κ2) is 18.7. The standard InChI is InChI=1S/C25H50N2O3/c1-7-11-12-13-17-23(16-8-2)30-25(29)19-14-18-24(28)27(22(9-3)10-4)21-15-20-26(5)6/h22-23H,7-21H2,1-6H3. The summed E-state index contributed by atoms with van der Waals surface area (Å²) >= 11 is 0. The Bertz CT molecular complexity index is 436. The fourth-order valence-corrected chi connectivity index (χ4v) is 3.95. The van der Waals surface area contributed by atoms with Crippen molar-refractivity contribution in [2.24, 2.45) is 0 Å². The van der Waals surface area contributed by atoms with Crippen molar-refractivity contribution in [1.29, 1.82) is 0 Å². The Balaban J connectivity index is 4.45. The number of esters is 1. The molecule has 0 bridgehead atoms. The van der Waals surface area contributed by atoms with Crippen LogP contribution in [0.1, 0.15) is 111 Å². The SMILES string of the molecule is CCCCCCC(CCC)OC(=O)CCCC(=O)N(CCCN(C)C)C(CC)CC. The van der Waals surface area contributed by atoms with Crippen molar-refractivity contribution in [1.82, 2.24) is 9.80 Å². The van der Waals surface area contributed by atoms with Crippen molar-refractivity contribution in [3.05, 3.63) is 0 Å². The zero-order valence-corrected chi connectivity index (χ0v) is 20.9. The molecule has 1 atom stereocenters. The van der Waals surface area contributed by atoms with Crippen LogP contribution in [0.5, 0.6) is 0 Å². The average molecular weight is 427 g/mol. The first-order chi connectivity index (χ1) is 14.4. The van der Waals surface area contributed by atoms with E-state index in [4.69, 9.17) is 4.74 Å². The molecule has 0 saturated heterocycles. The van der Waals surface area contributed by atoms with Crippen LogP contribution < -0.4 is 0 Å². The van der Waals surface area contributed by atoms with Crippen LogP contribution in [0.3, 0.4) is 0 Å². The first-order valence-corrected chi connectivity index (χ1v) is 12.5. The minimum absolute atomic E-state index is 0.0437. The van der Waals surface area contributed by atoms with Crippen molar-refractivity contribution in [3.63, 3.8) is 0 Å². The van der Waals surface area contributed by atoms with Gasteiger partial charge in [-0.3, -0.25) is 9.59 Å². The third-order valence-electron chi connectivity index (χ3n) is 5.77. The smallest absolute Gasteiger partial charge is 0.306 e. The molecule has 178 valence electrons. The van der Waals surface area contributed by atoms with Gasteiger partial charge in [-0.2, -0.15) is 0 Å². The number of ether oxygens (including phenoxy) is 1. The van der Waals surface area contributed by atoms with Crippen molar-refractivity contribution in [2.45, 2.75) is 123 Å². The van der Waals surface area contributed by atoms with E-state index in [9.17, 15) is 9.59 Å². The Kier molecular flexibility index (Phi) is 18.0. The van der Waals surface area contributed by atoms with Crippen LogP contribution in [-0.4, -0.2) is 61.0 Å². The van der Waals surface area contributed by atoms with E-state index in [2.05, 4.69) is 46.7 Å². The number of carbonyl (C=O) groups excluding carboxylic acids is 2. The largest absolute Gasteiger partial charge is 0.462 e. The molecule has 0 aromatic heterocycles. The van der Waals surface area contributed by atoms with Gasteiger partial charge in [0.25, 0.3) is 0 Å². The van der Waals surface area contributed by atoms with Crippen LogP contribution in [0.4, 0.5) is 0 Å². The van der Waals surface area contributed by atoms with Crippen LogP contribution in [0, 0.1) is 0 Å². The summed E-state index contributed by atoms with van der Waals surface area (Å²) in [5, 5.41) is 0. The third-order valence-corrected chi connectivity index (χ3v) is 5.77. The topological polar surface area (TPSA) is 49.9 Å². The maximum Gasteiger partial charge on any atom is 0.306 e. The Morgan fingerprint density at radius 1 is 0.767 bits per heavy atom. The summed E-state index contributed by atoms with van der Waals surface area (Å²) in [5.74, 6) is 0.0402. The Hall–Kier alpha value is -1.10. The lowest BCUT2D eigenvalue weighted by atomic mass is 10.1. The fraction of sp³-hybridized carbons (Fsp3) is 0.920. The summed E-state index contributed by atoms with van der Waals surface area (Å²) in [5.41, 5.74) is 0. The molecular weight excluding hydrogens is 376 g/mol. The maximum atomic E-state index is 12.8. The number of unbranched alkanes of at least 4 members (excludes halogenated alkanes) is 3. The average Bonchev–Trinajstić information content (AvgIpc) is 2.70. The number of nitrogens with zero attached hydrogens (tertiary/aromatic N) is 2. The van der Waals surface area contributed by atoms with Gasteiger partial charge in [-0.25, -0.2) is 0 Å². The highest BCUT2D eigenvalue weighted by atomic mass is 16.5. The quantitative estimate of drug-likeness (QED) is 0.193. The second-order valence-electron chi connectivity index (χ2n) is 8.82. The minimum Gasteiger partial charge on any atom is -0.462 e. The molecule has 0 heterocycles. The van der Waals surface area contributed by atoms with E-state index in [1.165, 1.54) is 19.3 Å². The number of hydrogen-bond donors (Lipinski definition) is 0. The van der Waals surface area contributed by atoms with Gasteiger partial charge in [-0.1, -0.05) is 53.4 Å². The molecule has 0 aromatic carbocycles. The van der Waals surface area contributed by atoms with Gasteiger partial charge in [-0.15, -0.1) is 0 Å². The molecule has 30 heavy (non-hydrogen) atoms. The Labute approximate surface area is 186 Å². The highest BCUT2D eigenvalue weighted by Gasteiger charge is 2.21. The van der Waals surface area contributed by atoms with Gasteiger partial charge in [0.05, 0.1) is 0 Å². The first kappa shape index (κ1) is 28.9. The van der Waals surface area contributed by atoms with Gasteiger partial charge in [0.15, 0.2) is 0 Å². The molecule has 1 amide bonds. The van der Waals surface area contributed by atoms with Crippen molar-refractivity contribution in [3.8, 4) is 0 Å². The number of carbonyl (C=O) groups is 2. The molecular formula is C25H50N2O3. The van der Waals surface area contributed by atoms with Crippen molar-refractivity contribution >= 4 is 11.9 Å². The van der Waals surface area contributed by atoms with Gasteiger partial charge >= 0.3 is 5.97 Å². The van der Waals surface area contributed by atoms with E-state index >= 15 is 0 Å². The number of hydrogen-bond acceptors (Lipinski definition) is 4. The lowest BCUT2D eigenvalue weighted by Crippen LogP contribution is -2.41. The predicted molar refractivity (Wildman–Crippen MR) is 127 cm³/mol. The maximum absolute atomic E-state index is 12.8. The van der Waals surface area contributed by atoms with Gasteiger partial charge in [-0.05, 0) is 65.6 Å². The third kappa shape index (κ3) is 14.0. The fourth-order valence-electron chi connectivity index (χ4n) is 3.95. The van der Waals surface area contributed by atoms with E-state index < -0.39 is 0 Å². The zero-order chi connectivity index (χ0) is 22.8. The molecule has 0 aliphatic rings. The Morgan fingerprint density at radius 2 is 1.47 bits per heavy atom. The Morgan fingerprint density at radius 3 is 2.03 bits per heavy atom. The van der Waals surface area contributed by atoms with Crippen LogP contribution >= 0.6 is 0 Å². The van der Waals surface area contributed by atoms with Crippen molar-refractivity contribution in [2.75, 3.05) is 27.2 Å². The lowest BCUT2D eigenvalue weighted by Gasteiger charge is -2.31. The van der Waals surface area contributed by atoms with Crippen LogP contribution in [0.25, 0.3) is 0 Å². The van der Waals surface area contributed by atoms with Gasteiger partial charge < -0.3 is 14.5 Å². The molecule has 0 fully saturated rings. The van der Waals surface area contributed by atoms with E-state index in [1.807, 2.05) is 4.90 Å². The monoisotopic (exact) mass is 426 g/mol. The lowest BCUT2D eigenvalue weighted by molar-refractivity contribution is -0.150. The van der Waals surface area contributed by atoms with Crippen LogP contribution in [0.15, 0.2) is 0 Å². The molecule has 0 aliphatic heterocycles.